The molecule has 0 radical (unpaired) electrons. The summed E-state index contributed by atoms with van der Waals surface area (Å²) in [6.07, 6.45) is 7.15. The van der Waals surface area contributed by atoms with Crippen LogP contribution in [-0.2, 0) is 11.3 Å². The molecule has 5 heteroatoms. The van der Waals surface area contributed by atoms with Gasteiger partial charge in [0.2, 0.25) is 5.91 Å². The predicted molar refractivity (Wildman–Crippen MR) is 114 cm³/mol. The van der Waals surface area contributed by atoms with Crippen molar-refractivity contribution >= 4 is 34.1 Å². The Kier molecular flexibility index (Phi) is 4.51. The molecule has 2 amide bonds. The molecule has 1 saturated carbocycles. The molecule has 0 saturated heterocycles. The lowest BCUT2D eigenvalue weighted by Gasteiger charge is -2.20. The van der Waals surface area contributed by atoms with Crippen molar-refractivity contribution in [1.82, 2.24) is 4.98 Å². The molecule has 2 aliphatic rings. The van der Waals surface area contributed by atoms with Crippen LogP contribution in [0.1, 0.15) is 48.0 Å². The van der Waals surface area contributed by atoms with Crippen molar-refractivity contribution in [3.05, 3.63) is 65.9 Å². The van der Waals surface area contributed by atoms with Crippen molar-refractivity contribution in [1.29, 1.82) is 0 Å². The zero-order chi connectivity index (χ0) is 19.8. The summed E-state index contributed by atoms with van der Waals surface area (Å²) in [5.41, 5.74) is 4.12. The van der Waals surface area contributed by atoms with Crippen molar-refractivity contribution in [2.45, 2.75) is 38.6 Å². The quantitative estimate of drug-likeness (QED) is 0.696. The molecule has 1 N–H and O–H groups in total. The fraction of sp³-hybridized carbons (Fsp3) is 0.292. The van der Waals surface area contributed by atoms with Crippen molar-refractivity contribution < 1.29 is 9.59 Å². The zero-order valence-electron chi connectivity index (χ0n) is 16.2. The zero-order valence-corrected chi connectivity index (χ0v) is 16.2. The van der Waals surface area contributed by atoms with Crippen LogP contribution in [0.15, 0.2) is 54.7 Å². The summed E-state index contributed by atoms with van der Waals surface area (Å²) in [4.78, 5) is 31.7. The molecule has 146 valence electrons. The first-order valence-corrected chi connectivity index (χ1v) is 10.3. The number of hydrogen-bond donors (Lipinski definition) is 1. The molecule has 0 spiro atoms. The second-order valence-corrected chi connectivity index (χ2v) is 7.97. The molecular formula is C24H23N3O2. The van der Waals surface area contributed by atoms with Crippen LogP contribution in [0.2, 0.25) is 0 Å². The summed E-state index contributed by atoms with van der Waals surface area (Å²) in [5, 5.41) is 4.03. The van der Waals surface area contributed by atoms with E-state index in [-0.39, 0.29) is 17.7 Å². The molecule has 2 heterocycles. The number of fused-ring (bicyclic) bond motifs is 2. The second-order valence-electron chi connectivity index (χ2n) is 7.97. The molecule has 1 aliphatic carbocycles. The van der Waals surface area contributed by atoms with E-state index < -0.39 is 0 Å². The number of nitrogens with one attached hydrogen (secondary N) is 1. The van der Waals surface area contributed by atoms with Gasteiger partial charge in [0.25, 0.3) is 5.91 Å². The van der Waals surface area contributed by atoms with Gasteiger partial charge in [0.05, 0.1) is 12.1 Å². The Hall–Kier alpha value is -3.21. The highest BCUT2D eigenvalue weighted by molar-refractivity contribution is 6.11. The van der Waals surface area contributed by atoms with Crippen LogP contribution in [0.25, 0.3) is 10.9 Å². The summed E-state index contributed by atoms with van der Waals surface area (Å²) in [7, 11) is 0. The number of benzene rings is 2. The third kappa shape index (κ3) is 3.37. The molecule has 5 rings (SSSR count). The Morgan fingerprint density at radius 2 is 1.90 bits per heavy atom. The van der Waals surface area contributed by atoms with E-state index in [0.29, 0.717) is 17.8 Å². The standard InChI is InChI=1S/C24H23N3O2/c28-23(16-5-2-1-3-6-16)26-19-9-8-18-15-27(24(29)21(18)14-19)20-10-11-22-17(13-20)7-4-12-25-22/h4,7-14,16H,1-3,5-6,15H2,(H,26,28). The third-order valence-electron chi connectivity index (χ3n) is 6.06. The van der Waals surface area contributed by atoms with E-state index in [9.17, 15) is 9.59 Å². The lowest BCUT2D eigenvalue weighted by molar-refractivity contribution is -0.120. The largest absolute Gasteiger partial charge is 0.326 e. The number of hydrogen-bond acceptors (Lipinski definition) is 3. The molecular weight excluding hydrogens is 362 g/mol. The van der Waals surface area contributed by atoms with Gasteiger partial charge in [0.15, 0.2) is 0 Å². The molecule has 1 aromatic heterocycles. The Morgan fingerprint density at radius 1 is 1.03 bits per heavy atom. The minimum Gasteiger partial charge on any atom is -0.326 e. The molecule has 5 nitrogen and oxygen atoms in total. The van der Waals surface area contributed by atoms with Crippen LogP contribution in [0.4, 0.5) is 11.4 Å². The number of anilines is 2. The van der Waals surface area contributed by atoms with Gasteiger partial charge in [-0.15, -0.1) is 0 Å². The van der Waals surface area contributed by atoms with Crippen LogP contribution >= 0.6 is 0 Å². The normalized spacial score (nSPS) is 16.8. The third-order valence-corrected chi connectivity index (χ3v) is 6.06. The predicted octanol–water partition coefficient (Wildman–Crippen LogP) is 4.91. The number of rotatable bonds is 3. The van der Waals surface area contributed by atoms with Crippen molar-refractivity contribution in [3.8, 4) is 0 Å². The number of amides is 2. The Balaban J connectivity index is 1.37. The van der Waals surface area contributed by atoms with Crippen molar-refractivity contribution in [2.75, 3.05) is 10.2 Å². The maximum atomic E-state index is 13.1. The highest BCUT2D eigenvalue weighted by Gasteiger charge is 2.29. The van der Waals surface area contributed by atoms with Crippen LogP contribution < -0.4 is 10.2 Å². The van der Waals surface area contributed by atoms with Gasteiger partial charge in [-0.25, -0.2) is 0 Å². The maximum absolute atomic E-state index is 13.1. The lowest BCUT2D eigenvalue weighted by Crippen LogP contribution is -2.25. The van der Waals surface area contributed by atoms with Gasteiger partial charge in [0.1, 0.15) is 0 Å². The van der Waals surface area contributed by atoms with Gasteiger partial charge in [-0.2, -0.15) is 0 Å². The molecule has 29 heavy (non-hydrogen) atoms. The van der Waals surface area contributed by atoms with E-state index in [1.54, 1.807) is 11.1 Å². The van der Waals surface area contributed by atoms with Gasteiger partial charge < -0.3 is 10.2 Å². The monoisotopic (exact) mass is 385 g/mol. The van der Waals surface area contributed by atoms with Gasteiger partial charge in [-0.3, -0.25) is 14.6 Å². The summed E-state index contributed by atoms with van der Waals surface area (Å²) in [6, 6.07) is 15.4. The van der Waals surface area contributed by atoms with E-state index >= 15 is 0 Å². The SMILES string of the molecule is O=C(Nc1ccc2c(c1)C(=O)N(c1ccc3ncccc3c1)C2)C1CCCCC1. The molecule has 0 unspecified atom stereocenters. The van der Waals surface area contributed by atoms with Gasteiger partial charge >= 0.3 is 0 Å². The Labute approximate surface area is 169 Å². The molecule has 0 atom stereocenters. The van der Waals surface area contributed by atoms with Crippen LogP contribution in [0.5, 0.6) is 0 Å². The van der Waals surface area contributed by atoms with E-state index in [1.807, 2.05) is 48.5 Å². The van der Waals surface area contributed by atoms with Crippen LogP contribution in [0, 0.1) is 5.92 Å². The molecule has 1 aliphatic heterocycles. The smallest absolute Gasteiger partial charge is 0.259 e. The first kappa shape index (κ1) is 17.9. The first-order valence-electron chi connectivity index (χ1n) is 10.3. The summed E-state index contributed by atoms with van der Waals surface area (Å²) in [5.74, 6) is 0.140. The maximum Gasteiger partial charge on any atom is 0.259 e. The molecule has 3 aromatic rings. The molecule has 1 fully saturated rings. The molecule has 2 aromatic carbocycles. The van der Waals surface area contributed by atoms with Gasteiger partial charge in [0, 0.05) is 34.4 Å². The van der Waals surface area contributed by atoms with E-state index in [4.69, 9.17) is 0 Å². The average Bonchev–Trinajstić information content (AvgIpc) is 3.10. The number of carbonyl (C=O) groups excluding carboxylic acids is 2. The van der Waals surface area contributed by atoms with E-state index in [2.05, 4.69) is 10.3 Å². The Morgan fingerprint density at radius 3 is 2.76 bits per heavy atom. The number of aromatic nitrogens is 1. The summed E-state index contributed by atoms with van der Waals surface area (Å²) in [6.45, 7) is 0.538. The Bertz CT molecular complexity index is 1100. The lowest BCUT2D eigenvalue weighted by atomic mass is 9.88. The fourth-order valence-corrected chi connectivity index (χ4v) is 4.43. The fourth-order valence-electron chi connectivity index (χ4n) is 4.43. The summed E-state index contributed by atoms with van der Waals surface area (Å²) >= 11 is 0. The minimum absolute atomic E-state index is 0.0306. The van der Waals surface area contributed by atoms with Gasteiger partial charge in [-0.1, -0.05) is 31.4 Å². The van der Waals surface area contributed by atoms with Crippen LogP contribution in [-0.4, -0.2) is 16.8 Å². The van der Waals surface area contributed by atoms with Crippen molar-refractivity contribution in [2.24, 2.45) is 5.92 Å². The van der Waals surface area contributed by atoms with E-state index in [1.165, 1.54) is 6.42 Å². The first-order chi connectivity index (χ1) is 14.2. The topological polar surface area (TPSA) is 62.3 Å². The number of nitrogens with zero attached hydrogens (tertiary/aromatic N) is 2. The van der Waals surface area contributed by atoms with Gasteiger partial charge in [-0.05, 0) is 54.8 Å². The average molecular weight is 385 g/mol. The van der Waals surface area contributed by atoms with Crippen molar-refractivity contribution in [3.63, 3.8) is 0 Å². The van der Waals surface area contributed by atoms with E-state index in [0.717, 1.165) is 47.8 Å². The highest BCUT2D eigenvalue weighted by Crippen LogP contribution is 2.32. The second kappa shape index (κ2) is 7.32. The van der Waals surface area contributed by atoms with Crippen LogP contribution in [0.3, 0.4) is 0 Å². The highest BCUT2D eigenvalue weighted by atomic mass is 16.2. The number of carbonyl (C=O) groups is 2. The summed E-state index contributed by atoms with van der Waals surface area (Å²) < 4.78 is 0. The minimum atomic E-state index is -0.0306. The molecule has 0 bridgehead atoms. The number of pyridine rings is 1.